The van der Waals surface area contributed by atoms with Gasteiger partial charge >= 0.3 is 5.76 Å². The van der Waals surface area contributed by atoms with Crippen molar-refractivity contribution in [1.29, 1.82) is 0 Å². The molecule has 0 unspecified atom stereocenters. The minimum Gasteiger partial charge on any atom is -0.381 e. The van der Waals surface area contributed by atoms with Gasteiger partial charge in [-0.15, -0.1) is 0 Å². The molecule has 9 heteroatoms. The van der Waals surface area contributed by atoms with E-state index in [2.05, 4.69) is 20.2 Å². The summed E-state index contributed by atoms with van der Waals surface area (Å²) in [6, 6.07) is 7.31. The van der Waals surface area contributed by atoms with Crippen LogP contribution in [0.5, 0.6) is 0 Å². The van der Waals surface area contributed by atoms with Crippen molar-refractivity contribution in [2.45, 2.75) is 29.5 Å². The molecule has 1 N–H and O–H groups in total. The smallest absolute Gasteiger partial charge is 0.341 e. The Balaban J connectivity index is 1.66. The van der Waals surface area contributed by atoms with Gasteiger partial charge in [-0.25, -0.2) is 18.4 Å². The zero-order chi connectivity index (χ0) is 17.9. The van der Waals surface area contributed by atoms with Gasteiger partial charge in [-0.05, 0) is 43.2 Å². The fourth-order valence-corrected chi connectivity index (χ4v) is 3.53. The standard InChI is InChI=1S/C16H18F2N4O2S/c17-15(18)25(23,24)14-6-4-12(5-7-14)21-13-3-1-10-22(11-13)16-19-8-2-9-20-16/h2,4-9,13,15,21H,1,3,10-11H2/t13-/m1/s1. The largest absolute Gasteiger partial charge is 0.381 e. The molecule has 0 aliphatic carbocycles. The second kappa shape index (κ2) is 7.30. The molecule has 0 amide bonds. The van der Waals surface area contributed by atoms with Crippen molar-refractivity contribution in [2.75, 3.05) is 23.3 Å². The van der Waals surface area contributed by atoms with Crippen LogP contribution in [0, 0.1) is 0 Å². The molecule has 2 heterocycles. The Morgan fingerprint density at radius 3 is 2.48 bits per heavy atom. The number of alkyl halides is 2. The Morgan fingerprint density at radius 2 is 1.84 bits per heavy atom. The summed E-state index contributed by atoms with van der Waals surface area (Å²) in [5.74, 6) is -2.74. The van der Waals surface area contributed by atoms with Crippen molar-refractivity contribution in [3.05, 3.63) is 42.7 Å². The molecule has 2 aromatic rings. The van der Waals surface area contributed by atoms with E-state index in [1.54, 1.807) is 18.5 Å². The summed E-state index contributed by atoms with van der Waals surface area (Å²) in [5.41, 5.74) is 0.689. The van der Waals surface area contributed by atoms with E-state index in [1.165, 1.54) is 24.3 Å². The second-order valence-corrected chi connectivity index (χ2v) is 7.73. The zero-order valence-electron chi connectivity index (χ0n) is 13.3. The van der Waals surface area contributed by atoms with Crippen molar-refractivity contribution < 1.29 is 17.2 Å². The minimum absolute atomic E-state index is 0.134. The highest BCUT2D eigenvalue weighted by Crippen LogP contribution is 2.22. The van der Waals surface area contributed by atoms with E-state index in [4.69, 9.17) is 0 Å². The molecule has 1 atom stereocenters. The summed E-state index contributed by atoms with van der Waals surface area (Å²) in [7, 11) is -4.56. The molecule has 1 fully saturated rings. The van der Waals surface area contributed by atoms with Crippen LogP contribution in [0.1, 0.15) is 12.8 Å². The predicted octanol–water partition coefficient (Wildman–Crippen LogP) is 2.55. The maximum atomic E-state index is 12.6. The lowest BCUT2D eigenvalue weighted by molar-refractivity contribution is 0.234. The van der Waals surface area contributed by atoms with E-state index in [1.807, 2.05) is 0 Å². The normalized spacial score (nSPS) is 18.4. The van der Waals surface area contributed by atoms with Crippen LogP contribution in [-0.2, 0) is 9.84 Å². The molecule has 6 nitrogen and oxygen atoms in total. The third-order valence-corrected chi connectivity index (χ3v) is 5.44. The summed E-state index contributed by atoms with van der Waals surface area (Å²) in [5, 5.41) is 3.31. The molecule has 1 saturated heterocycles. The van der Waals surface area contributed by atoms with Gasteiger partial charge in [-0.3, -0.25) is 0 Å². The number of sulfone groups is 1. The first kappa shape index (κ1) is 17.5. The SMILES string of the molecule is O=S(=O)(c1ccc(N[C@@H]2CCCN(c3ncccn3)C2)cc1)C(F)F. The minimum atomic E-state index is -4.56. The maximum absolute atomic E-state index is 12.6. The monoisotopic (exact) mass is 368 g/mol. The van der Waals surface area contributed by atoms with E-state index in [0.717, 1.165) is 19.4 Å². The summed E-state index contributed by atoms with van der Waals surface area (Å²) in [4.78, 5) is 10.2. The summed E-state index contributed by atoms with van der Waals surface area (Å²) < 4.78 is 48.0. The lowest BCUT2D eigenvalue weighted by atomic mass is 10.1. The Morgan fingerprint density at radius 1 is 1.16 bits per heavy atom. The fourth-order valence-electron chi connectivity index (χ4n) is 2.81. The summed E-state index contributed by atoms with van der Waals surface area (Å²) >= 11 is 0. The van der Waals surface area contributed by atoms with Gasteiger partial charge < -0.3 is 10.2 Å². The lowest BCUT2D eigenvalue weighted by Crippen LogP contribution is -2.42. The number of nitrogens with zero attached hydrogens (tertiary/aromatic N) is 3. The number of anilines is 2. The second-order valence-electron chi connectivity index (χ2n) is 5.81. The van der Waals surface area contributed by atoms with Crippen LogP contribution in [0.15, 0.2) is 47.6 Å². The van der Waals surface area contributed by atoms with Crippen LogP contribution in [0.25, 0.3) is 0 Å². The van der Waals surface area contributed by atoms with Crippen molar-refractivity contribution in [2.24, 2.45) is 0 Å². The number of halogens is 2. The molecule has 1 aromatic carbocycles. The maximum Gasteiger partial charge on any atom is 0.341 e. The third-order valence-electron chi connectivity index (χ3n) is 4.04. The molecule has 1 aromatic heterocycles. The quantitative estimate of drug-likeness (QED) is 0.874. The average Bonchev–Trinajstić information content (AvgIpc) is 2.63. The van der Waals surface area contributed by atoms with Crippen LogP contribution < -0.4 is 10.2 Å². The Kier molecular flexibility index (Phi) is 5.12. The van der Waals surface area contributed by atoms with E-state index >= 15 is 0 Å². The summed E-state index contributed by atoms with van der Waals surface area (Å²) in [6.07, 6.45) is 5.30. The van der Waals surface area contributed by atoms with Gasteiger partial charge in [-0.2, -0.15) is 8.78 Å². The zero-order valence-corrected chi connectivity index (χ0v) is 14.2. The van der Waals surface area contributed by atoms with Gasteiger partial charge in [0, 0.05) is 37.2 Å². The predicted molar refractivity (Wildman–Crippen MR) is 90.5 cm³/mol. The van der Waals surface area contributed by atoms with Crippen molar-refractivity contribution in [3.63, 3.8) is 0 Å². The molecule has 25 heavy (non-hydrogen) atoms. The third kappa shape index (κ3) is 4.04. The number of piperidine rings is 1. The fraction of sp³-hybridized carbons (Fsp3) is 0.375. The molecule has 1 aliphatic rings. The Hall–Kier alpha value is -2.29. The van der Waals surface area contributed by atoms with Crippen molar-refractivity contribution in [3.8, 4) is 0 Å². The van der Waals surface area contributed by atoms with Gasteiger partial charge in [0.1, 0.15) is 0 Å². The molecule has 0 radical (unpaired) electrons. The van der Waals surface area contributed by atoms with Crippen LogP contribution >= 0.6 is 0 Å². The molecule has 134 valence electrons. The number of benzene rings is 1. The number of rotatable bonds is 5. The van der Waals surface area contributed by atoms with Crippen LogP contribution in [0.4, 0.5) is 20.4 Å². The van der Waals surface area contributed by atoms with Gasteiger partial charge in [0.25, 0.3) is 0 Å². The van der Waals surface area contributed by atoms with Gasteiger partial charge in [0.15, 0.2) is 0 Å². The van der Waals surface area contributed by atoms with Crippen LogP contribution in [0.3, 0.4) is 0 Å². The van der Waals surface area contributed by atoms with Crippen molar-refractivity contribution in [1.82, 2.24) is 9.97 Å². The van der Waals surface area contributed by atoms with Crippen LogP contribution in [-0.4, -0.2) is 43.3 Å². The molecular formula is C16H18F2N4O2S. The van der Waals surface area contributed by atoms with E-state index in [-0.39, 0.29) is 10.9 Å². The first-order chi connectivity index (χ1) is 12.0. The number of hydrogen-bond acceptors (Lipinski definition) is 6. The number of aromatic nitrogens is 2. The number of hydrogen-bond donors (Lipinski definition) is 1. The molecule has 0 saturated carbocycles. The lowest BCUT2D eigenvalue weighted by Gasteiger charge is -2.33. The highest BCUT2D eigenvalue weighted by molar-refractivity contribution is 7.91. The number of nitrogens with one attached hydrogen (secondary N) is 1. The average molecular weight is 368 g/mol. The molecule has 0 spiro atoms. The first-order valence-electron chi connectivity index (χ1n) is 7.87. The Bertz CT molecular complexity index is 801. The highest BCUT2D eigenvalue weighted by atomic mass is 32.2. The molecule has 0 bridgehead atoms. The van der Waals surface area contributed by atoms with Crippen LogP contribution in [0.2, 0.25) is 0 Å². The van der Waals surface area contributed by atoms with Crippen molar-refractivity contribution >= 4 is 21.5 Å². The van der Waals surface area contributed by atoms with Gasteiger partial charge in [0.2, 0.25) is 15.8 Å². The first-order valence-corrected chi connectivity index (χ1v) is 9.42. The van der Waals surface area contributed by atoms with E-state index < -0.39 is 15.6 Å². The van der Waals surface area contributed by atoms with Gasteiger partial charge in [-0.1, -0.05) is 0 Å². The topological polar surface area (TPSA) is 75.2 Å². The van der Waals surface area contributed by atoms with Gasteiger partial charge in [0.05, 0.1) is 4.90 Å². The summed E-state index contributed by atoms with van der Waals surface area (Å²) in [6.45, 7) is 1.58. The highest BCUT2D eigenvalue weighted by Gasteiger charge is 2.26. The molecule has 1 aliphatic heterocycles. The van der Waals surface area contributed by atoms with E-state index in [0.29, 0.717) is 18.2 Å². The molecule has 3 rings (SSSR count). The molecular weight excluding hydrogens is 350 g/mol. The Labute approximate surface area is 144 Å². The van der Waals surface area contributed by atoms with E-state index in [9.17, 15) is 17.2 Å².